The monoisotopic (exact) mass is 525 g/mol. The molecule has 0 N–H and O–H groups in total. The van der Waals surface area contributed by atoms with Crippen LogP contribution < -0.4 is 9.64 Å². The zero-order valence-corrected chi connectivity index (χ0v) is 20.9. The highest BCUT2D eigenvalue weighted by Gasteiger charge is 2.35. The van der Waals surface area contributed by atoms with Crippen molar-refractivity contribution in [2.75, 3.05) is 32.2 Å². The molecule has 0 spiro atoms. The molecule has 0 aliphatic carbocycles. The van der Waals surface area contributed by atoms with Gasteiger partial charge in [-0.3, -0.25) is 4.79 Å². The van der Waals surface area contributed by atoms with Crippen molar-refractivity contribution in [1.29, 1.82) is 0 Å². The van der Waals surface area contributed by atoms with Gasteiger partial charge in [0.15, 0.2) is 5.58 Å². The van der Waals surface area contributed by atoms with Crippen LogP contribution in [0.2, 0.25) is 0 Å². The fourth-order valence-electron chi connectivity index (χ4n) is 4.47. The zero-order chi connectivity index (χ0) is 26.9. The SMILES string of the molecule is COc1ccc2c(c1)CC(OCCN(C)c1nc3ccccc3o1)N(Cc1cccc(C(F)(F)F)c1)C2=O. The lowest BCUT2D eigenvalue weighted by atomic mass is 9.96. The van der Waals surface area contributed by atoms with Gasteiger partial charge >= 0.3 is 6.18 Å². The first-order chi connectivity index (χ1) is 18.2. The van der Waals surface area contributed by atoms with Crippen molar-refractivity contribution in [3.05, 3.63) is 89.0 Å². The number of carbonyl (C=O) groups is 1. The summed E-state index contributed by atoms with van der Waals surface area (Å²) in [7, 11) is 3.36. The van der Waals surface area contributed by atoms with Crippen molar-refractivity contribution < 1.29 is 31.9 Å². The molecule has 0 fully saturated rings. The Morgan fingerprint density at radius 3 is 2.68 bits per heavy atom. The number of nitrogens with zero attached hydrogens (tertiary/aromatic N) is 3. The van der Waals surface area contributed by atoms with Crippen molar-refractivity contribution in [2.45, 2.75) is 25.4 Å². The van der Waals surface area contributed by atoms with E-state index in [1.54, 1.807) is 36.3 Å². The molecule has 4 aromatic rings. The standard InChI is InChI=1S/C28H26F3N3O4/c1-33(27-32-23-8-3-4-9-24(23)38-27)12-13-37-25-16-19-15-21(36-2)10-11-22(19)26(35)34(25)17-18-6-5-7-20(14-18)28(29,30)31/h3-11,14-15,25H,12-13,16-17H2,1-2H3. The molecule has 0 saturated carbocycles. The van der Waals surface area contributed by atoms with Crippen molar-refractivity contribution in [1.82, 2.24) is 9.88 Å². The number of methoxy groups -OCH3 is 1. The summed E-state index contributed by atoms with van der Waals surface area (Å²) in [4.78, 5) is 21.2. The summed E-state index contributed by atoms with van der Waals surface area (Å²) >= 11 is 0. The van der Waals surface area contributed by atoms with Gasteiger partial charge in [-0.05, 0) is 53.6 Å². The third kappa shape index (κ3) is 5.31. The Morgan fingerprint density at radius 2 is 1.92 bits per heavy atom. The minimum Gasteiger partial charge on any atom is -0.497 e. The molecule has 38 heavy (non-hydrogen) atoms. The molecule has 0 radical (unpaired) electrons. The minimum absolute atomic E-state index is 0.0279. The summed E-state index contributed by atoms with van der Waals surface area (Å²) in [6, 6.07) is 18.0. The minimum atomic E-state index is -4.48. The fourth-order valence-corrected chi connectivity index (χ4v) is 4.47. The van der Waals surface area contributed by atoms with Crippen LogP contribution in [0.1, 0.15) is 27.0 Å². The highest BCUT2D eigenvalue weighted by atomic mass is 19.4. The lowest BCUT2D eigenvalue weighted by molar-refractivity contribution is -0.137. The molecule has 0 saturated heterocycles. The van der Waals surface area contributed by atoms with Crippen LogP contribution in [0.5, 0.6) is 5.75 Å². The molecule has 1 atom stereocenters. The normalized spacial score (nSPS) is 15.6. The average molecular weight is 526 g/mol. The Kier molecular flexibility index (Phi) is 6.98. The first-order valence-electron chi connectivity index (χ1n) is 12.1. The Balaban J connectivity index is 1.35. The second-order valence-electron chi connectivity index (χ2n) is 9.07. The Morgan fingerprint density at radius 1 is 1.11 bits per heavy atom. The highest BCUT2D eigenvalue weighted by Crippen LogP contribution is 2.32. The lowest BCUT2D eigenvalue weighted by Gasteiger charge is -2.37. The first kappa shape index (κ1) is 25.6. The molecule has 2 heterocycles. The maximum absolute atomic E-state index is 13.5. The molecule has 1 aliphatic heterocycles. The summed E-state index contributed by atoms with van der Waals surface area (Å²) in [5.74, 6) is 0.293. The summed E-state index contributed by atoms with van der Waals surface area (Å²) in [6.07, 6.45) is -4.80. The number of carbonyl (C=O) groups excluding carboxylic acids is 1. The van der Waals surface area contributed by atoms with Crippen molar-refractivity contribution in [3.63, 3.8) is 0 Å². The average Bonchev–Trinajstić information content (AvgIpc) is 3.35. The summed E-state index contributed by atoms with van der Waals surface area (Å²) in [5, 5.41) is 0. The molecule has 1 aromatic heterocycles. The van der Waals surface area contributed by atoms with Gasteiger partial charge in [0, 0.05) is 32.1 Å². The molecule has 198 valence electrons. The second-order valence-corrected chi connectivity index (χ2v) is 9.07. The number of amides is 1. The highest BCUT2D eigenvalue weighted by molar-refractivity contribution is 5.97. The number of likely N-dealkylation sites (N-methyl/N-ethyl adjacent to an activating group) is 1. The Labute approximate surface area is 217 Å². The van der Waals surface area contributed by atoms with Crippen LogP contribution in [-0.2, 0) is 23.9 Å². The van der Waals surface area contributed by atoms with E-state index in [-0.39, 0.29) is 19.1 Å². The van der Waals surface area contributed by atoms with E-state index in [2.05, 4.69) is 4.98 Å². The van der Waals surface area contributed by atoms with Gasteiger partial charge in [-0.15, -0.1) is 0 Å². The van der Waals surface area contributed by atoms with Gasteiger partial charge in [0.25, 0.3) is 11.9 Å². The summed E-state index contributed by atoms with van der Waals surface area (Å²) < 4.78 is 57.1. The number of benzene rings is 3. The summed E-state index contributed by atoms with van der Waals surface area (Å²) in [5.41, 5.74) is 2.24. The number of hydrogen-bond donors (Lipinski definition) is 0. The third-order valence-corrected chi connectivity index (χ3v) is 6.50. The quantitative estimate of drug-likeness (QED) is 0.301. The van der Waals surface area contributed by atoms with Crippen LogP contribution in [0.25, 0.3) is 11.1 Å². The van der Waals surface area contributed by atoms with Crippen molar-refractivity contribution in [3.8, 4) is 5.75 Å². The number of rotatable bonds is 8. The smallest absolute Gasteiger partial charge is 0.416 e. The van der Waals surface area contributed by atoms with Gasteiger partial charge in [-0.1, -0.05) is 24.3 Å². The van der Waals surface area contributed by atoms with E-state index in [1.165, 1.54) is 11.0 Å². The van der Waals surface area contributed by atoms with E-state index >= 15 is 0 Å². The van der Waals surface area contributed by atoms with E-state index in [1.807, 2.05) is 31.3 Å². The number of para-hydroxylation sites is 2. The molecular formula is C28H26F3N3O4. The largest absolute Gasteiger partial charge is 0.497 e. The number of halogens is 3. The predicted molar refractivity (Wildman–Crippen MR) is 135 cm³/mol. The van der Waals surface area contributed by atoms with E-state index in [9.17, 15) is 18.0 Å². The fraction of sp³-hybridized carbons (Fsp3) is 0.286. The number of anilines is 1. The second kappa shape index (κ2) is 10.4. The molecule has 1 amide bonds. The van der Waals surface area contributed by atoms with Crippen LogP contribution in [0, 0.1) is 0 Å². The van der Waals surface area contributed by atoms with E-state index < -0.39 is 18.0 Å². The van der Waals surface area contributed by atoms with Crippen LogP contribution in [0.15, 0.2) is 71.1 Å². The molecule has 7 nitrogen and oxygen atoms in total. The number of alkyl halides is 3. The van der Waals surface area contributed by atoms with Crippen LogP contribution in [0.3, 0.4) is 0 Å². The van der Waals surface area contributed by atoms with Crippen LogP contribution >= 0.6 is 0 Å². The molecule has 1 unspecified atom stereocenters. The Hall–Kier alpha value is -4.05. The summed E-state index contributed by atoms with van der Waals surface area (Å²) in [6.45, 7) is 0.616. The van der Waals surface area contributed by atoms with Crippen LogP contribution in [-0.4, -0.2) is 49.3 Å². The van der Waals surface area contributed by atoms with Gasteiger partial charge in [-0.25, -0.2) is 0 Å². The number of ether oxygens (including phenoxy) is 2. The lowest BCUT2D eigenvalue weighted by Crippen LogP contribution is -2.47. The van der Waals surface area contributed by atoms with Crippen molar-refractivity contribution in [2.24, 2.45) is 0 Å². The molecule has 3 aromatic carbocycles. The van der Waals surface area contributed by atoms with E-state index in [0.29, 0.717) is 41.4 Å². The van der Waals surface area contributed by atoms with Crippen molar-refractivity contribution >= 4 is 23.0 Å². The molecule has 10 heteroatoms. The van der Waals surface area contributed by atoms with Gasteiger partial charge in [0.05, 0.1) is 19.3 Å². The third-order valence-electron chi connectivity index (χ3n) is 6.50. The van der Waals surface area contributed by atoms with Gasteiger partial charge in [-0.2, -0.15) is 18.2 Å². The van der Waals surface area contributed by atoms with Gasteiger partial charge in [0.1, 0.15) is 17.5 Å². The zero-order valence-electron chi connectivity index (χ0n) is 20.9. The van der Waals surface area contributed by atoms with Gasteiger partial charge in [0.2, 0.25) is 0 Å². The molecular weight excluding hydrogens is 499 g/mol. The number of fused-ring (bicyclic) bond motifs is 2. The predicted octanol–water partition coefficient (Wildman–Crippen LogP) is 5.53. The van der Waals surface area contributed by atoms with Gasteiger partial charge < -0.3 is 23.7 Å². The first-order valence-corrected chi connectivity index (χ1v) is 12.1. The van der Waals surface area contributed by atoms with E-state index in [4.69, 9.17) is 13.9 Å². The number of aromatic nitrogens is 1. The maximum Gasteiger partial charge on any atom is 0.416 e. The van der Waals surface area contributed by atoms with Crippen LogP contribution in [0.4, 0.5) is 19.2 Å². The number of oxazole rings is 1. The van der Waals surface area contributed by atoms with E-state index in [0.717, 1.165) is 23.2 Å². The molecule has 5 rings (SSSR count). The number of hydrogen-bond acceptors (Lipinski definition) is 6. The molecule has 1 aliphatic rings. The molecule has 0 bridgehead atoms. The topological polar surface area (TPSA) is 68.0 Å². The Bertz CT molecular complexity index is 1420. The maximum atomic E-state index is 13.5.